The van der Waals surface area contributed by atoms with Crippen LogP contribution in [0.1, 0.15) is 36.0 Å². The van der Waals surface area contributed by atoms with Gasteiger partial charge in [0.15, 0.2) is 0 Å². The summed E-state index contributed by atoms with van der Waals surface area (Å²) < 4.78 is 14.0. The molecular weight excluding hydrogens is 375 g/mol. The van der Waals surface area contributed by atoms with Crippen LogP contribution in [0.5, 0.6) is 0 Å². The highest BCUT2D eigenvalue weighted by molar-refractivity contribution is 6.31. The van der Waals surface area contributed by atoms with Crippen molar-refractivity contribution in [3.8, 4) is 0 Å². The molecule has 3 nitrogen and oxygen atoms in total. The average molecular weight is 401 g/mol. The predicted molar refractivity (Wildman–Crippen MR) is 110 cm³/mol. The Morgan fingerprint density at radius 3 is 2.54 bits per heavy atom. The number of amides is 1. The molecule has 2 aromatic carbocycles. The van der Waals surface area contributed by atoms with Crippen molar-refractivity contribution >= 4 is 17.5 Å². The van der Waals surface area contributed by atoms with E-state index in [-0.39, 0.29) is 11.7 Å². The van der Waals surface area contributed by atoms with E-state index in [0.29, 0.717) is 29.5 Å². The maximum absolute atomic E-state index is 14.0. The standard InChI is InChI=1S/C23H26ClFN2O/c24-21-6-3-7-22(25)20(21)16-26-11-8-17(9-12-26)14-23(28)27-13-10-18-4-1-2-5-19(18)15-27/h1-7,17H,8-16H2. The maximum atomic E-state index is 14.0. The van der Waals surface area contributed by atoms with Crippen molar-refractivity contribution in [2.45, 2.75) is 38.8 Å². The molecule has 2 aliphatic heterocycles. The molecule has 0 unspecified atom stereocenters. The van der Waals surface area contributed by atoms with E-state index in [2.05, 4.69) is 23.1 Å². The molecule has 2 heterocycles. The van der Waals surface area contributed by atoms with Crippen LogP contribution in [0.4, 0.5) is 4.39 Å². The van der Waals surface area contributed by atoms with Gasteiger partial charge in [0.1, 0.15) is 5.82 Å². The number of nitrogens with zero attached hydrogens (tertiary/aromatic N) is 2. The van der Waals surface area contributed by atoms with E-state index in [4.69, 9.17) is 11.6 Å². The molecule has 148 valence electrons. The zero-order valence-electron chi connectivity index (χ0n) is 16.0. The van der Waals surface area contributed by atoms with E-state index >= 15 is 0 Å². The Labute approximate surface area is 171 Å². The van der Waals surface area contributed by atoms with Gasteiger partial charge in [0.2, 0.25) is 5.91 Å². The third-order valence-corrected chi connectivity index (χ3v) is 6.45. The molecule has 0 N–H and O–H groups in total. The number of halogens is 2. The Hall–Kier alpha value is -1.91. The lowest BCUT2D eigenvalue weighted by molar-refractivity contribution is -0.133. The predicted octanol–water partition coefficient (Wildman–Crippen LogP) is 4.67. The molecule has 0 saturated carbocycles. The molecule has 2 aromatic rings. The summed E-state index contributed by atoms with van der Waals surface area (Å²) in [4.78, 5) is 17.0. The highest BCUT2D eigenvalue weighted by Crippen LogP contribution is 2.27. The number of likely N-dealkylation sites (tertiary alicyclic amines) is 1. The van der Waals surface area contributed by atoms with Gasteiger partial charge in [-0.3, -0.25) is 9.69 Å². The smallest absolute Gasteiger partial charge is 0.223 e. The van der Waals surface area contributed by atoms with Crippen LogP contribution in [0.25, 0.3) is 0 Å². The summed E-state index contributed by atoms with van der Waals surface area (Å²) in [5.41, 5.74) is 3.22. The van der Waals surface area contributed by atoms with Gasteiger partial charge in [0.25, 0.3) is 0 Å². The molecule has 0 aliphatic carbocycles. The van der Waals surface area contributed by atoms with Crippen molar-refractivity contribution in [1.82, 2.24) is 9.80 Å². The van der Waals surface area contributed by atoms with E-state index < -0.39 is 0 Å². The van der Waals surface area contributed by atoms with Gasteiger partial charge in [-0.25, -0.2) is 4.39 Å². The molecule has 2 aliphatic rings. The summed E-state index contributed by atoms with van der Waals surface area (Å²) in [6, 6.07) is 13.2. The second-order valence-electron chi connectivity index (χ2n) is 7.96. The maximum Gasteiger partial charge on any atom is 0.223 e. The van der Waals surface area contributed by atoms with Crippen molar-refractivity contribution in [3.05, 3.63) is 70.0 Å². The van der Waals surface area contributed by atoms with E-state index in [0.717, 1.165) is 45.4 Å². The summed E-state index contributed by atoms with van der Waals surface area (Å²) in [6.07, 6.45) is 3.52. The lowest BCUT2D eigenvalue weighted by Crippen LogP contribution is -2.39. The summed E-state index contributed by atoms with van der Waals surface area (Å²) in [5, 5.41) is 0.489. The second kappa shape index (κ2) is 8.62. The van der Waals surface area contributed by atoms with E-state index in [1.54, 1.807) is 12.1 Å². The van der Waals surface area contributed by atoms with Crippen LogP contribution >= 0.6 is 11.6 Å². The fourth-order valence-corrected chi connectivity index (χ4v) is 4.56. The summed E-state index contributed by atoms with van der Waals surface area (Å²) >= 11 is 6.15. The molecule has 0 bridgehead atoms. The van der Waals surface area contributed by atoms with Crippen molar-refractivity contribution in [1.29, 1.82) is 0 Å². The van der Waals surface area contributed by atoms with E-state index in [9.17, 15) is 9.18 Å². The first kappa shape index (κ1) is 19.4. The van der Waals surface area contributed by atoms with Gasteiger partial charge < -0.3 is 4.90 Å². The largest absolute Gasteiger partial charge is 0.338 e. The minimum Gasteiger partial charge on any atom is -0.338 e. The molecule has 5 heteroatoms. The summed E-state index contributed by atoms with van der Waals surface area (Å²) in [5.74, 6) is 0.442. The molecule has 1 amide bonds. The Morgan fingerprint density at radius 2 is 1.79 bits per heavy atom. The topological polar surface area (TPSA) is 23.6 Å². The zero-order valence-corrected chi connectivity index (χ0v) is 16.8. The van der Waals surface area contributed by atoms with Gasteiger partial charge in [-0.05, 0) is 61.5 Å². The SMILES string of the molecule is O=C(CC1CCN(Cc2c(F)cccc2Cl)CC1)N1CCc2ccccc2C1. The van der Waals surface area contributed by atoms with Gasteiger partial charge in [-0.15, -0.1) is 0 Å². The second-order valence-corrected chi connectivity index (χ2v) is 8.37. The molecular formula is C23H26ClFN2O. The van der Waals surface area contributed by atoms with Crippen molar-refractivity contribution in [2.75, 3.05) is 19.6 Å². The number of hydrogen-bond acceptors (Lipinski definition) is 2. The van der Waals surface area contributed by atoms with Gasteiger partial charge in [0, 0.05) is 36.6 Å². The van der Waals surface area contributed by atoms with Crippen LogP contribution in [0.3, 0.4) is 0 Å². The van der Waals surface area contributed by atoms with E-state index in [1.807, 2.05) is 11.0 Å². The van der Waals surface area contributed by atoms with Gasteiger partial charge in [0.05, 0.1) is 0 Å². The number of piperidine rings is 1. The van der Waals surface area contributed by atoms with Gasteiger partial charge >= 0.3 is 0 Å². The van der Waals surface area contributed by atoms with Crippen LogP contribution in [0.2, 0.25) is 5.02 Å². The van der Waals surface area contributed by atoms with Crippen molar-refractivity contribution in [2.24, 2.45) is 5.92 Å². The Balaban J connectivity index is 1.27. The molecule has 0 atom stereocenters. The normalized spacial score (nSPS) is 18.1. The first-order chi connectivity index (χ1) is 13.6. The third-order valence-electron chi connectivity index (χ3n) is 6.10. The minimum atomic E-state index is -0.241. The highest BCUT2D eigenvalue weighted by Gasteiger charge is 2.26. The first-order valence-electron chi connectivity index (χ1n) is 10.1. The molecule has 0 aromatic heterocycles. The Kier molecular flexibility index (Phi) is 5.98. The van der Waals surface area contributed by atoms with Crippen LogP contribution in [0.15, 0.2) is 42.5 Å². The molecule has 4 rings (SSSR count). The van der Waals surface area contributed by atoms with E-state index in [1.165, 1.54) is 17.2 Å². The quantitative estimate of drug-likeness (QED) is 0.744. The molecule has 1 fully saturated rings. The Morgan fingerprint density at radius 1 is 1.04 bits per heavy atom. The highest BCUT2D eigenvalue weighted by atomic mass is 35.5. The van der Waals surface area contributed by atoms with Crippen molar-refractivity contribution in [3.63, 3.8) is 0 Å². The lowest BCUT2D eigenvalue weighted by Gasteiger charge is -2.34. The molecule has 0 radical (unpaired) electrons. The number of carbonyl (C=O) groups is 1. The summed E-state index contributed by atoms with van der Waals surface area (Å²) in [6.45, 7) is 3.85. The minimum absolute atomic E-state index is 0.241. The molecule has 0 spiro atoms. The number of carbonyl (C=O) groups excluding carboxylic acids is 1. The summed E-state index contributed by atoms with van der Waals surface area (Å²) in [7, 11) is 0. The number of fused-ring (bicyclic) bond motifs is 1. The number of hydrogen-bond donors (Lipinski definition) is 0. The average Bonchev–Trinajstić information content (AvgIpc) is 2.71. The monoisotopic (exact) mass is 400 g/mol. The fraction of sp³-hybridized carbons (Fsp3) is 0.435. The van der Waals surface area contributed by atoms with Crippen LogP contribution in [-0.4, -0.2) is 35.3 Å². The van der Waals surface area contributed by atoms with Gasteiger partial charge in [-0.2, -0.15) is 0 Å². The third kappa shape index (κ3) is 4.39. The molecule has 1 saturated heterocycles. The molecule has 28 heavy (non-hydrogen) atoms. The fourth-order valence-electron chi connectivity index (χ4n) is 4.34. The zero-order chi connectivity index (χ0) is 19.5. The number of benzene rings is 2. The lowest BCUT2D eigenvalue weighted by atomic mass is 9.92. The first-order valence-corrected chi connectivity index (χ1v) is 10.5. The Bertz CT molecular complexity index is 828. The van der Waals surface area contributed by atoms with Crippen molar-refractivity contribution < 1.29 is 9.18 Å². The van der Waals surface area contributed by atoms with Crippen LogP contribution < -0.4 is 0 Å². The van der Waals surface area contributed by atoms with Crippen LogP contribution in [-0.2, 0) is 24.3 Å². The number of rotatable bonds is 4. The van der Waals surface area contributed by atoms with Gasteiger partial charge in [-0.1, -0.05) is 41.9 Å². The van der Waals surface area contributed by atoms with Crippen LogP contribution in [0, 0.1) is 11.7 Å².